The van der Waals surface area contributed by atoms with E-state index in [1.165, 1.54) is 7.11 Å². The summed E-state index contributed by atoms with van der Waals surface area (Å²) < 4.78 is 31.2. The molecule has 0 aromatic heterocycles. The molecule has 0 amide bonds. The molecule has 2 unspecified atom stereocenters. The number of nitrogens with one attached hydrogen (secondary N) is 1. The molecule has 0 aliphatic carbocycles. The summed E-state index contributed by atoms with van der Waals surface area (Å²) in [7, 11) is -1.98. The third-order valence-corrected chi connectivity index (χ3v) is 5.45. The van der Waals surface area contributed by atoms with Gasteiger partial charge in [0.25, 0.3) is 0 Å². The first-order valence-corrected chi connectivity index (χ1v) is 8.48. The number of carbonyl (C=O) groups is 1. The number of ether oxygens (including phenoxy) is 1. The highest BCUT2D eigenvalue weighted by molar-refractivity contribution is 7.89. The van der Waals surface area contributed by atoms with Crippen LogP contribution in [0.15, 0.2) is 0 Å². The quantitative estimate of drug-likeness (QED) is 0.702. The van der Waals surface area contributed by atoms with Gasteiger partial charge in [-0.3, -0.25) is 9.69 Å². The van der Waals surface area contributed by atoms with Crippen LogP contribution in [-0.4, -0.2) is 57.3 Å². The zero-order valence-corrected chi connectivity index (χ0v) is 12.1. The highest BCUT2D eigenvalue weighted by atomic mass is 32.2. The fourth-order valence-corrected chi connectivity index (χ4v) is 4.40. The summed E-state index contributed by atoms with van der Waals surface area (Å²) in [5, 5.41) is 0. The molecule has 2 atom stereocenters. The van der Waals surface area contributed by atoms with Crippen molar-refractivity contribution in [3.63, 3.8) is 0 Å². The van der Waals surface area contributed by atoms with Crippen LogP contribution in [-0.2, 0) is 19.6 Å². The van der Waals surface area contributed by atoms with E-state index < -0.39 is 10.0 Å². The third kappa shape index (κ3) is 3.90. The molecule has 2 aliphatic rings. The van der Waals surface area contributed by atoms with Gasteiger partial charge in [0, 0.05) is 25.0 Å². The number of fused-ring (bicyclic) bond motifs is 1. The zero-order chi connectivity index (χ0) is 13.9. The Balaban J connectivity index is 1.79. The molecular formula is C12H22N2O4S. The van der Waals surface area contributed by atoms with Gasteiger partial charge in [-0.15, -0.1) is 0 Å². The highest BCUT2D eigenvalue weighted by Crippen LogP contribution is 2.28. The summed E-state index contributed by atoms with van der Waals surface area (Å²) >= 11 is 0. The van der Waals surface area contributed by atoms with E-state index >= 15 is 0 Å². The number of rotatable bonds is 6. The number of methoxy groups -OCH3 is 1. The molecule has 19 heavy (non-hydrogen) atoms. The predicted octanol–water partition coefficient (Wildman–Crippen LogP) is 0.0957. The number of carbonyl (C=O) groups excluding carboxylic acids is 1. The first-order valence-electron chi connectivity index (χ1n) is 6.83. The molecule has 1 N–H and O–H groups in total. The molecule has 2 rings (SSSR count). The van der Waals surface area contributed by atoms with Crippen LogP contribution in [0.5, 0.6) is 0 Å². The lowest BCUT2D eigenvalue weighted by Crippen LogP contribution is -2.43. The van der Waals surface area contributed by atoms with Crippen LogP contribution in [0.3, 0.4) is 0 Å². The number of esters is 1. The van der Waals surface area contributed by atoms with Gasteiger partial charge in [0.15, 0.2) is 0 Å². The number of nitrogens with zero attached hydrogens (tertiary/aromatic N) is 1. The van der Waals surface area contributed by atoms with Crippen molar-refractivity contribution >= 4 is 16.0 Å². The Kier molecular flexibility index (Phi) is 4.81. The van der Waals surface area contributed by atoms with Gasteiger partial charge in [0.2, 0.25) is 10.0 Å². The van der Waals surface area contributed by atoms with Gasteiger partial charge in [-0.2, -0.15) is 0 Å². The predicted molar refractivity (Wildman–Crippen MR) is 71.2 cm³/mol. The molecule has 6 nitrogen and oxygen atoms in total. The summed E-state index contributed by atoms with van der Waals surface area (Å²) in [4.78, 5) is 13.3. The van der Waals surface area contributed by atoms with E-state index in [2.05, 4.69) is 14.4 Å². The van der Waals surface area contributed by atoms with Crippen LogP contribution >= 0.6 is 0 Å². The molecule has 0 bridgehead atoms. The second-order valence-corrected chi connectivity index (χ2v) is 7.13. The highest BCUT2D eigenvalue weighted by Gasteiger charge is 2.38. The number of sulfonamides is 1. The van der Waals surface area contributed by atoms with E-state index in [-0.39, 0.29) is 24.2 Å². The van der Waals surface area contributed by atoms with Gasteiger partial charge in [-0.05, 0) is 32.2 Å². The lowest BCUT2D eigenvalue weighted by Gasteiger charge is -2.21. The first kappa shape index (κ1) is 14.7. The van der Waals surface area contributed by atoms with E-state index in [1.54, 1.807) is 0 Å². The Morgan fingerprint density at radius 2 is 2.16 bits per heavy atom. The summed E-state index contributed by atoms with van der Waals surface area (Å²) in [6.45, 7) is 2.07. The van der Waals surface area contributed by atoms with E-state index in [0.717, 1.165) is 32.4 Å². The van der Waals surface area contributed by atoms with Crippen molar-refractivity contribution in [1.29, 1.82) is 0 Å². The monoisotopic (exact) mass is 290 g/mol. The Morgan fingerprint density at radius 3 is 2.89 bits per heavy atom. The van der Waals surface area contributed by atoms with Gasteiger partial charge in [0.1, 0.15) is 0 Å². The molecule has 2 aliphatic heterocycles. The first-order chi connectivity index (χ1) is 9.02. The van der Waals surface area contributed by atoms with Crippen molar-refractivity contribution in [3.8, 4) is 0 Å². The molecule has 0 aromatic carbocycles. The van der Waals surface area contributed by atoms with E-state index in [1.807, 2.05) is 0 Å². The molecule has 7 heteroatoms. The largest absolute Gasteiger partial charge is 0.469 e. The van der Waals surface area contributed by atoms with E-state index in [0.29, 0.717) is 12.5 Å². The maximum Gasteiger partial charge on any atom is 0.305 e. The van der Waals surface area contributed by atoms with Crippen LogP contribution in [0.2, 0.25) is 0 Å². The lowest BCUT2D eigenvalue weighted by atomic mass is 10.1. The normalized spacial score (nSPS) is 27.4. The van der Waals surface area contributed by atoms with Crippen molar-refractivity contribution in [2.45, 2.75) is 44.2 Å². The Labute approximate surface area is 114 Å². The van der Waals surface area contributed by atoms with Gasteiger partial charge in [-0.1, -0.05) is 0 Å². The third-order valence-electron chi connectivity index (χ3n) is 3.96. The fourth-order valence-electron chi connectivity index (χ4n) is 3.02. The maximum atomic E-state index is 12.0. The Hall–Kier alpha value is -0.660. The molecule has 0 radical (unpaired) electrons. The second kappa shape index (κ2) is 6.19. The minimum atomic E-state index is -3.29. The van der Waals surface area contributed by atoms with Gasteiger partial charge >= 0.3 is 5.97 Å². The van der Waals surface area contributed by atoms with Gasteiger partial charge < -0.3 is 4.74 Å². The average molecular weight is 290 g/mol. The molecular weight excluding hydrogens is 268 g/mol. The molecule has 2 heterocycles. The summed E-state index contributed by atoms with van der Waals surface area (Å²) in [6.07, 6.45) is 3.59. The number of hydrogen-bond acceptors (Lipinski definition) is 5. The molecule has 2 saturated heterocycles. The molecule has 0 saturated carbocycles. The minimum Gasteiger partial charge on any atom is -0.469 e. The summed E-state index contributed by atoms with van der Waals surface area (Å²) in [5.74, 6) is -0.372. The maximum absolute atomic E-state index is 12.0. The second-order valence-electron chi connectivity index (χ2n) is 5.26. The van der Waals surface area contributed by atoms with Gasteiger partial charge in [-0.25, -0.2) is 13.1 Å². The smallest absolute Gasteiger partial charge is 0.305 e. The summed E-state index contributed by atoms with van der Waals surface area (Å²) in [6, 6.07) is 0.418. The van der Waals surface area contributed by atoms with E-state index in [4.69, 9.17) is 0 Å². The molecule has 110 valence electrons. The van der Waals surface area contributed by atoms with Crippen molar-refractivity contribution in [2.75, 3.05) is 26.0 Å². The zero-order valence-electron chi connectivity index (χ0n) is 11.3. The van der Waals surface area contributed by atoms with Crippen molar-refractivity contribution in [1.82, 2.24) is 9.62 Å². The topological polar surface area (TPSA) is 75.7 Å². The summed E-state index contributed by atoms with van der Waals surface area (Å²) in [5.41, 5.74) is 0. The minimum absolute atomic E-state index is 0.00861. The molecule has 0 aromatic rings. The molecule has 0 spiro atoms. The van der Waals surface area contributed by atoms with Crippen LogP contribution in [0, 0.1) is 0 Å². The Bertz CT molecular complexity index is 423. The molecule has 2 fully saturated rings. The lowest BCUT2D eigenvalue weighted by molar-refractivity contribution is -0.140. The van der Waals surface area contributed by atoms with Crippen LogP contribution in [0.4, 0.5) is 0 Å². The SMILES string of the molecule is COC(=O)CCCS(=O)(=O)NC1CCN2CCCC12. The van der Waals surface area contributed by atoms with E-state index in [9.17, 15) is 13.2 Å². The Morgan fingerprint density at radius 1 is 1.37 bits per heavy atom. The van der Waals surface area contributed by atoms with Crippen molar-refractivity contribution in [3.05, 3.63) is 0 Å². The van der Waals surface area contributed by atoms with Crippen molar-refractivity contribution < 1.29 is 17.9 Å². The van der Waals surface area contributed by atoms with Crippen molar-refractivity contribution in [2.24, 2.45) is 0 Å². The van der Waals surface area contributed by atoms with Gasteiger partial charge in [0.05, 0.1) is 12.9 Å². The van der Waals surface area contributed by atoms with Crippen LogP contribution in [0.25, 0.3) is 0 Å². The van der Waals surface area contributed by atoms with Crippen LogP contribution < -0.4 is 4.72 Å². The standard InChI is InChI=1S/C12H22N2O4S/c1-18-12(15)5-3-9-19(16,17)13-10-6-8-14-7-2-4-11(10)14/h10-11,13H,2-9H2,1H3. The number of hydrogen-bond donors (Lipinski definition) is 1. The van der Waals surface area contributed by atoms with Crippen LogP contribution in [0.1, 0.15) is 32.1 Å². The fraction of sp³-hybridized carbons (Fsp3) is 0.917. The average Bonchev–Trinajstić information content (AvgIpc) is 2.93.